The third kappa shape index (κ3) is 3.46. The summed E-state index contributed by atoms with van der Waals surface area (Å²) in [5.74, 6) is 1.37. The Balaban J connectivity index is 1.97. The number of pyridine rings is 1. The van der Waals surface area contributed by atoms with Crippen molar-refractivity contribution in [3.63, 3.8) is 0 Å². The first-order valence-corrected chi connectivity index (χ1v) is 7.65. The number of rotatable bonds is 3. The second kappa shape index (κ2) is 6.31. The van der Waals surface area contributed by atoms with Crippen LogP contribution in [0.3, 0.4) is 0 Å². The Kier molecular flexibility index (Phi) is 4.22. The van der Waals surface area contributed by atoms with E-state index >= 15 is 0 Å². The molecule has 0 bridgehead atoms. The molecule has 4 heteroatoms. The molecular formula is C19H16ClNO2. The van der Waals surface area contributed by atoms with Gasteiger partial charge in [-0.15, -0.1) is 0 Å². The topological polar surface area (TPSA) is 42.1 Å². The van der Waals surface area contributed by atoms with Crippen molar-refractivity contribution in [2.24, 2.45) is 0 Å². The number of ether oxygens (including phenoxy) is 1. The lowest BCUT2D eigenvalue weighted by Crippen LogP contribution is -2.08. The summed E-state index contributed by atoms with van der Waals surface area (Å²) in [6.07, 6.45) is 0. The summed E-state index contributed by atoms with van der Waals surface area (Å²) in [5, 5.41) is 0.660. The molecule has 0 saturated carbocycles. The van der Waals surface area contributed by atoms with Crippen LogP contribution in [0.15, 0.2) is 59.4 Å². The molecular weight excluding hydrogens is 310 g/mol. The number of aryl methyl sites for hydroxylation is 2. The van der Waals surface area contributed by atoms with Crippen LogP contribution in [0.1, 0.15) is 11.4 Å². The standard InChI is InChI=1S/C19H16ClNO2/c1-12-10-18(22)19(13(2)21-12)14-4-3-5-17(11-14)23-16-8-6-15(20)7-9-16/h3-11H,1-2H3,(H,21,22). The van der Waals surface area contributed by atoms with E-state index in [-0.39, 0.29) is 5.43 Å². The van der Waals surface area contributed by atoms with Crippen molar-refractivity contribution in [1.29, 1.82) is 0 Å². The van der Waals surface area contributed by atoms with E-state index in [1.54, 1.807) is 30.3 Å². The molecule has 3 nitrogen and oxygen atoms in total. The lowest BCUT2D eigenvalue weighted by Gasteiger charge is -2.10. The maximum absolute atomic E-state index is 12.3. The van der Waals surface area contributed by atoms with Gasteiger partial charge in [0.05, 0.1) is 0 Å². The predicted molar refractivity (Wildman–Crippen MR) is 93.5 cm³/mol. The molecule has 0 aliphatic carbocycles. The Labute approximate surface area is 139 Å². The van der Waals surface area contributed by atoms with E-state index in [0.29, 0.717) is 22.1 Å². The Morgan fingerprint density at radius 2 is 1.70 bits per heavy atom. The molecule has 0 saturated heterocycles. The van der Waals surface area contributed by atoms with Gasteiger partial charge < -0.3 is 9.72 Å². The molecule has 0 atom stereocenters. The number of benzene rings is 2. The van der Waals surface area contributed by atoms with Gasteiger partial charge in [-0.1, -0.05) is 23.7 Å². The summed E-state index contributed by atoms with van der Waals surface area (Å²) in [6.45, 7) is 3.77. The van der Waals surface area contributed by atoms with Gasteiger partial charge in [0.2, 0.25) is 0 Å². The number of aromatic amines is 1. The smallest absolute Gasteiger partial charge is 0.189 e. The predicted octanol–water partition coefficient (Wildman–Crippen LogP) is 5.10. The van der Waals surface area contributed by atoms with Crippen LogP contribution in [0.2, 0.25) is 5.02 Å². The van der Waals surface area contributed by atoms with Crippen LogP contribution >= 0.6 is 11.6 Å². The third-order valence-corrected chi connectivity index (χ3v) is 3.78. The number of nitrogens with one attached hydrogen (secondary N) is 1. The zero-order valence-corrected chi connectivity index (χ0v) is 13.6. The summed E-state index contributed by atoms with van der Waals surface area (Å²) in [4.78, 5) is 15.5. The van der Waals surface area contributed by atoms with Gasteiger partial charge in [0.15, 0.2) is 5.43 Å². The molecule has 2 aromatic carbocycles. The average molecular weight is 326 g/mol. The van der Waals surface area contributed by atoms with Crippen molar-refractivity contribution in [3.05, 3.63) is 81.2 Å². The number of aromatic nitrogens is 1. The number of halogens is 1. The molecule has 0 aliphatic rings. The summed E-state index contributed by atoms with van der Waals surface area (Å²) in [7, 11) is 0. The van der Waals surface area contributed by atoms with Gasteiger partial charge in [0.25, 0.3) is 0 Å². The van der Waals surface area contributed by atoms with Crippen LogP contribution < -0.4 is 10.2 Å². The minimum atomic E-state index is 0.00222. The Morgan fingerprint density at radius 3 is 2.39 bits per heavy atom. The molecule has 3 aromatic rings. The number of hydrogen-bond acceptors (Lipinski definition) is 2. The molecule has 0 unspecified atom stereocenters. The van der Waals surface area contributed by atoms with Crippen LogP contribution in [0, 0.1) is 13.8 Å². The minimum absolute atomic E-state index is 0.00222. The van der Waals surface area contributed by atoms with Gasteiger partial charge in [-0.25, -0.2) is 0 Å². The summed E-state index contributed by atoms with van der Waals surface area (Å²) in [5.41, 5.74) is 3.19. The average Bonchev–Trinajstić information content (AvgIpc) is 2.49. The van der Waals surface area contributed by atoms with E-state index in [4.69, 9.17) is 16.3 Å². The fourth-order valence-electron chi connectivity index (χ4n) is 2.56. The van der Waals surface area contributed by atoms with Gasteiger partial charge in [-0.3, -0.25) is 4.79 Å². The lowest BCUT2D eigenvalue weighted by molar-refractivity contribution is 0.483. The molecule has 0 amide bonds. The highest BCUT2D eigenvalue weighted by Gasteiger charge is 2.09. The maximum atomic E-state index is 12.3. The second-order valence-corrected chi connectivity index (χ2v) is 5.84. The van der Waals surface area contributed by atoms with E-state index in [2.05, 4.69) is 4.98 Å². The van der Waals surface area contributed by atoms with E-state index in [9.17, 15) is 4.79 Å². The molecule has 0 spiro atoms. The van der Waals surface area contributed by atoms with Crippen molar-refractivity contribution in [1.82, 2.24) is 4.98 Å². The highest BCUT2D eigenvalue weighted by Crippen LogP contribution is 2.27. The summed E-state index contributed by atoms with van der Waals surface area (Å²) >= 11 is 5.87. The zero-order chi connectivity index (χ0) is 16.4. The molecule has 1 heterocycles. The Bertz CT molecular complexity index is 898. The largest absolute Gasteiger partial charge is 0.457 e. The van der Waals surface area contributed by atoms with Crippen molar-refractivity contribution < 1.29 is 4.74 Å². The van der Waals surface area contributed by atoms with Gasteiger partial charge in [0.1, 0.15) is 11.5 Å². The first kappa shape index (κ1) is 15.4. The fraction of sp³-hybridized carbons (Fsp3) is 0.105. The SMILES string of the molecule is Cc1cc(=O)c(-c2cccc(Oc3ccc(Cl)cc3)c2)c(C)[nH]1. The van der Waals surface area contributed by atoms with Crippen LogP contribution in [-0.2, 0) is 0 Å². The highest BCUT2D eigenvalue weighted by molar-refractivity contribution is 6.30. The molecule has 1 N–H and O–H groups in total. The molecule has 116 valence electrons. The normalized spacial score (nSPS) is 10.6. The highest BCUT2D eigenvalue weighted by atomic mass is 35.5. The van der Waals surface area contributed by atoms with Crippen LogP contribution in [-0.4, -0.2) is 4.98 Å². The van der Waals surface area contributed by atoms with E-state index in [0.717, 1.165) is 17.0 Å². The lowest BCUT2D eigenvalue weighted by atomic mass is 10.0. The van der Waals surface area contributed by atoms with Gasteiger partial charge in [0, 0.05) is 28.0 Å². The van der Waals surface area contributed by atoms with Crippen molar-refractivity contribution in [2.75, 3.05) is 0 Å². The van der Waals surface area contributed by atoms with E-state index < -0.39 is 0 Å². The van der Waals surface area contributed by atoms with Crippen molar-refractivity contribution >= 4 is 11.6 Å². The second-order valence-electron chi connectivity index (χ2n) is 5.40. The molecule has 1 aromatic heterocycles. The zero-order valence-electron chi connectivity index (χ0n) is 12.9. The van der Waals surface area contributed by atoms with E-state index in [1.165, 1.54) is 0 Å². The van der Waals surface area contributed by atoms with Crippen LogP contribution in [0.5, 0.6) is 11.5 Å². The summed E-state index contributed by atoms with van der Waals surface area (Å²) in [6, 6.07) is 16.3. The quantitative estimate of drug-likeness (QED) is 0.727. The molecule has 3 rings (SSSR count). The fourth-order valence-corrected chi connectivity index (χ4v) is 2.69. The van der Waals surface area contributed by atoms with Crippen LogP contribution in [0.25, 0.3) is 11.1 Å². The molecule has 0 aliphatic heterocycles. The van der Waals surface area contributed by atoms with Crippen molar-refractivity contribution in [2.45, 2.75) is 13.8 Å². The number of hydrogen-bond donors (Lipinski definition) is 1. The monoisotopic (exact) mass is 325 g/mol. The van der Waals surface area contributed by atoms with Crippen molar-refractivity contribution in [3.8, 4) is 22.6 Å². The molecule has 23 heavy (non-hydrogen) atoms. The third-order valence-electron chi connectivity index (χ3n) is 3.53. The summed E-state index contributed by atoms with van der Waals surface area (Å²) < 4.78 is 5.83. The first-order chi connectivity index (χ1) is 11.0. The first-order valence-electron chi connectivity index (χ1n) is 7.27. The van der Waals surface area contributed by atoms with Crippen LogP contribution in [0.4, 0.5) is 0 Å². The molecule has 0 fully saturated rings. The Hall–Kier alpha value is -2.52. The van der Waals surface area contributed by atoms with Gasteiger partial charge in [-0.2, -0.15) is 0 Å². The molecule has 0 radical (unpaired) electrons. The Morgan fingerprint density at radius 1 is 0.957 bits per heavy atom. The number of H-pyrrole nitrogens is 1. The minimum Gasteiger partial charge on any atom is -0.457 e. The van der Waals surface area contributed by atoms with Gasteiger partial charge >= 0.3 is 0 Å². The maximum Gasteiger partial charge on any atom is 0.189 e. The van der Waals surface area contributed by atoms with E-state index in [1.807, 2.05) is 38.1 Å². The van der Waals surface area contributed by atoms with Gasteiger partial charge in [-0.05, 0) is 55.8 Å².